The maximum Gasteiger partial charge on any atom is 0.341 e. The summed E-state index contributed by atoms with van der Waals surface area (Å²) < 4.78 is 6.16. The SMILES string of the molecule is Cc1ccc2cc(-c3oncc3C(=O)O)sc2c1. The van der Waals surface area contributed by atoms with Gasteiger partial charge in [-0.05, 0) is 30.0 Å². The minimum absolute atomic E-state index is 0.0956. The van der Waals surface area contributed by atoms with Crippen molar-refractivity contribution in [2.75, 3.05) is 0 Å². The summed E-state index contributed by atoms with van der Waals surface area (Å²) in [6, 6.07) is 8.03. The molecule has 90 valence electrons. The number of carbonyl (C=O) groups is 1. The Morgan fingerprint density at radius 2 is 2.22 bits per heavy atom. The number of aromatic carboxylic acids is 1. The number of fused-ring (bicyclic) bond motifs is 1. The molecule has 0 radical (unpaired) electrons. The van der Waals surface area contributed by atoms with E-state index in [1.807, 2.05) is 25.1 Å². The third kappa shape index (κ3) is 1.69. The van der Waals surface area contributed by atoms with E-state index in [-0.39, 0.29) is 5.56 Å². The van der Waals surface area contributed by atoms with E-state index in [1.165, 1.54) is 23.1 Å². The van der Waals surface area contributed by atoms with Gasteiger partial charge in [0.05, 0.1) is 11.1 Å². The van der Waals surface area contributed by atoms with Crippen LogP contribution in [0.4, 0.5) is 0 Å². The van der Waals surface area contributed by atoms with Gasteiger partial charge in [-0.3, -0.25) is 0 Å². The Bertz CT molecular complexity index is 742. The number of hydrogen-bond donors (Lipinski definition) is 1. The van der Waals surface area contributed by atoms with Gasteiger partial charge >= 0.3 is 5.97 Å². The van der Waals surface area contributed by atoms with Gasteiger partial charge in [0.2, 0.25) is 0 Å². The Hall–Kier alpha value is -2.14. The third-order valence-electron chi connectivity index (χ3n) is 2.70. The second-order valence-corrected chi connectivity index (χ2v) is 5.11. The molecule has 4 nitrogen and oxygen atoms in total. The van der Waals surface area contributed by atoms with Crippen LogP contribution in [-0.2, 0) is 0 Å². The highest BCUT2D eigenvalue weighted by atomic mass is 32.1. The smallest absolute Gasteiger partial charge is 0.341 e. The summed E-state index contributed by atoms with van der Waals surface area (Å²) in [5.74, 6) is -0.707. The monoisotopic (exact) mass is 259 g/mol. The topological polar surface area (TPSA) is 63.3 Å². The van der Waals surface area contributed by atoms with E-state index in [2.05, 4.69) is 11.2 Å². The predicted octanol–water partition coefficient (Wildman–Crippen LogP) is 3.56. The van der Waals surface area contributed by atoms with Crippen molar-refractivity contribution in [3.63, 3.8) is 0 Å². The molecule has 2 heterocycles. The number of thiophene rings is 1. The second-order valence-electron chi connectivity index (χ2n) is 4.03. The first-order valence-corrected chi connectivity index (χ1v) is 6.15. The lowest BCUT2D eigenvalue weighted by atomic mass is 10.2. The van der Waals surface area contributed by atoms with Gasteiger partial charge in [0.25, 0.3) is 0 Å². The van der Waals surface area contributed by atoms with E-state index in [4.69, 9.17) is 9.63 Å². The maximum absolute atomic E-state index is 11.0. The van der Waals surface area contributed by atoms with Crippen molar-refractivity contribution >= 4 is 27.4 Å². The van der Waals surface area contributed by atoms with Crippen molar-refractivity contribution in [1.82, 2.24) is 5.16 Å². The van der Waals surface area contributed by atoms with Gasteiger partial charge in [-0.2, -0.15) is 0 Å². The molecule has 1 N–H and O–H groups in total. The summed E-state index contributed by atoms with van der Waals surface area (Å²) in [4.78, 5) is 11.8. The molecule has 5 heteroatoms. The molecule has 1 aromatic carbocycles. The minimum Gasteiger partial charge on any atom is -0.477 e. The van der Waals surface area contributed by atoms with Crippen molar-refractivity contribution in [3.8, 4) is 10.6 Å². The largest absolute Gasteiger partial charge is 0.477 e. The summed E-state index contributed by atoms with van der Waals surface area (Å²) in [5, 5.41) is 13.7. The number of carboxylic acids is 1. The maximum atomic E-state index is 11.0. The highest BCUT2D eigenvalue weighted by Crippen LogP contribution is 2.35. The molecule has 0 bridgehead atoms. The summed E-state index contributed by atoms with van der Waals surface area (Å²) in [6.45, 7) is 2.02. The third-order valence-corrected chi connectivity index (χ3v) is 3.80. The average Bonchev–Trinajstić information content (AvgIpc) is 2.93. The first-order valence-electron chi connectivity index (χ1n) is 5.33. The van der Waals surface area contributed by atoms with Gasteiger partial charge < -0.3 is 9.63 Å². The highest BCUT2D eigenvalue weighted by molar-refractivity contribution is 7.22. The van der Waals surface area contributed by atoms with Crippen LogP contribution < -0.4 is 0 Å². The molecule has 0 fully saturated rings. The first kappa shape index (κ1) is 11.0. The number of aryl methyl sites for hydroxylation is 1. The van der Waals surface area contributed by atoms with Crippen LogP contribution in [0.25, 0.3) is 20.7 Å². The summed E-state index contributed by atoms with van der Waals surface area (Å²) >= 11 is 1.50. The van der Waals surface area contributed by atoms with Crippen molar-refractivity contribution in [2.45, 2.75) is 6.92 Å². The second kappa shape index (κ2) is 3.96. The predicted molar refractivity (Wildman–Crippen MR) is 69.0 cm³/mol. The minimum atomic E-state index is -1.03. The molecular formula is C13H9NO3S. The van der Waals surface area contributed by atoms with Crippen LogP contribution in [0.1, 0.15) is 15.9 Å². The van der Waals surface area contributed by atoms with E-state index in [1.54, 1.807) is 0 Å². The van der Waals surface area contributed by atoms with Crippen LogP contribution in [-0.4, -0.2) is 16.2 Å². The molecule has 0 amide bonds. The zero-order valence-corrected chi connectivity index (χ0v) is 10.3. The lowest BCUT2D eigenvalue weighted by molar-refractivity contribution is 0.0697. The Kier molecular flexibility index (Phi) is 2.41. The zero-order valence-electron chi connectivity index (χ0n) is 9.51. The van der Waals surface area contributed by atoms with E-state index in [0.29, 0.717) is 5.76 Å². The first-order chi connectivity index (χ1) is 8.65. The number of rotatable bonds is 2. The van der Waals surface area contributed by atoms with Gasteiger partial charge in [0.15, 0.2) is 5.76 Å². The average molecular weight is 259 g/mol. The van der Waals surface area contributed by atoms with Crippen LogP contribution in [0.15, 0.2) is 35.0 Å². The van der Waals surface area contributed by atoms with Crippen LogP contribution in [0.5, 0.6) is 0 Å². The van der Waals surface area contributed by atoms with Crippen LogP contribution >= 0.6 is 11.3 Å². The fourth-order valence-corrected chi connectivity index (χ4v) is 2.97. The van der Waals surface area contributed by atoms with Gasteiger partial charge in [0, 0.05) is 4.70 Å². The van der Waals surface area contributed by atoms with E-state index in [0.717, 1.165) is 15.0 Å². The standard InChI is InChI=1S/C13H9NO3S/c1-7-2-3-8-5-11(18-10(8)4-7)12-9(13(15)16)6-14-17-12/h2-6H,1H3,(H,15,16). The molecule has 0 unspecified atom stereocenters. The number of benzene rings is 1. The Morgan fingerprint density at radius 3 is 3.00 bits per heavy atom. The van der Waals surface area contributed by atoms with E-state index in [9.17, 15) is 4.79 Å². The van der Waals surface area contributed by atoms with Gasteiger partial charge in [-0.15, -0.1) is 11.3 Å². The Morgan fingerprint density at radius 1 is 1.39 bits per heavy atom. The molecule has 3 rings (SSSR count). The number of nitrogens with zero attached hydrogens (tertiary/aromatic N) is 1. The molecule has 0 atom stereocenters. The van der Waals surface area contributed by atoms with Gasteiger partial charge in [-0.1, -0.05) is 17.3 Å². The summed E-state index contributed by atoms with van der Waals surface area (Å²) in [6.07, 6.45) is 1.23. The highest BCUT2D eigenvalue weighted by Gasteiger charge is 2.18. The Balaban J connectivity index is 2.19. The van der Waals surface area contributed by atoms with Crippen molar-refractivity contribution in [2.24, 2.45) is 0 Å². The zero-order chi connectivity index (χ0) is 12.7. The van der Waals surface area contributed by atoms with Crippen LogP contribution in [0.3, 0.4) is 0 Å². The van der Waals surface area contributed by atoms with Crippen molar-refractivity contribution in [3.05, 3.63) is 41.6 Å². The Labute approximate surface area is 106 Å². The molecule has 0 saturated carbocycles. The number of aromatic nitrogens is 1. The quantitative estimate of drug-likeness (QED) is 0.764. The lowest BCUT2D eigenvalue weighted by Crippen LogP contribution is -1.94. The number of hydrogen-bond acceptors (Lipinski definition) is 4. The summed E-state index contributed by atoms with van der Waals surface area (Å²) in [5.41, 5.74) is 1.27. The van der Waals surface area contributed by atoms with Gasteiger partial charge in [0.1, 0.15) is 5.56 Å². The number of carboxylic acid groups (broad SMARTS) is 1. The molecule has 0 spiro atoms. The van der Waals surface area contributed by atoms with E-state index < -0.39 is 5.97 Å². The molecule has 0 saturated heterocycles. The van der Waals surface area contributed by atoms with Crippen molar-refractivity contribution < 1.29 is 14.4 Å². The fraction of sp³-hybridized carbons (Fsp3) is 0.0769. The summed E-state index contributed by atoms with van der Waals surface area (Å²) in [7, 11) is 0. The molecule has 0 aliphatic heterocycles. The molecule has 18 heavy (non-hydrogen) atoms. The van der Waals surface area contributed by atoms with Crippen LogP contribution in [0.2, 0.25) is 0 Å². The van der Waals surface area contributed by atoms with Gasteiger partial charge in [-0.25, -0.2) is 4.79 Å². The van der Waals surface area contributed by atoms with Crippen molar-refractivity contribution in [1.29, 1.82) is 0 Å². The molecule has 0 aliphatic rings. The molecule has 2 aromatic heterocycles. The lowest BCUT2D eigenvalue weighted by Gasteiger charge is -1.91. The normalized spacial score (nSPS) is 10.9. The fourth-order valence-electron chi connectivity index (χ4n) is 1.82. The molecule has 3 aromatic rings. The van der Waals surface area contributed by atoms with E-state index >= 15 is 0 Å². The molecular weight excluding hydrogens is 250 g/mol. The van der Waals surface area contributed by atoms with Crippen LogP contribution in [0, 0.1) is 6.92 Å². The molecule has 0 aliphatic carbocycles.